The number of amides is 1. The Kier molecular flexibility index (Phi) is 13.7. The molecule has 44 heavy (non-hydrogen) atoms. The van der Waals surface area contributed by atoms with Crippen molar-refractivity contribution in [3.63, 3.8) is 0 Å². The molecule has 3 saturated heterocycles. The molecule has 5 atom stereocenters. The Balaban J connectivity index is 1.41. The zero-order valence-electron chi connectivity index (χ0n) is 27.0. The third kappa shape index (κ3) is 11.0. The smallest absolute Gasteiger partial charge is 0.412 e. The largest absolute Gasteiger partial charge is 0.481 e. The summed E-state index contributed by atoms with van der Waals surface area (Å²) >= 11 is 0. The number of carbonyl (C=O) groups excluding carboxylic acids is 1. The summed E-state index contributed by atoms with van der Waals surface area (Å²) in [5.74, 6) is -1.69. The van der Waals surface area contributed by atoms with Gasteiger partial charge in [-0.15, -0.1) is 0 Å². The highest BCUT2D eigenvalue weighted by molar-refractivity contribution is 5.84. The molecule has 1 amide bonds. The van der Waals surface area contributed by atoms with Crippen LogP contribution in [0.5, 0.6) is 0 Å². The van der Waals surface area contributed by atoms with E-state index in [0.717, 1.165) is 38.8 Å². The van der Waals surface area contributed by atoms with Gasteiger partial charge in [0.1, 0.15) is 24.4 Å². The summed E-state index contributed by atoms with van der Waals surface area (Å²) in [5, 5.41) is 11.8. The Morgan fingerprint density at radius 3 is 2.30 bits per heavy atom. The molecule has 4 rings (SSSR count). The van der Waals surface area contributed by atoms with E-state index in [0.29, 0.717) is 24.4 Å². The van der Waals surface area contributed by atoms with E-state index in [4.69, 9.17) is 28.8 Å². The minimum Gasteiger partial charge on any atom is -0.481 e. The van der Waals surface area contributed by atoms with Gasteiger partial charge < -0.3 is 28.8 Å². The molecule has 0 unspecified atom stereocenters. The topological polar surface area (TPSA) is 116 Å². The summed E-state index contributed by atoms with van der Waals surface area (Å²) in [7, 11) is 0. The van der Waals surface area contributed by atoms with Gasteiger partial charge in [-0.3, -0.25) is 15.0 Å². The lowest BCUT2D eigenvalue weighted by Gasteiger charge is -2.33. The Labute approximate surface area is 263 Å². The first kappa shape index (κ1) is 34.6. The lowest BCUT2D eigenvalue weighted by Crippen LogP contribution is -2.50. The Bertz CT molecular complexity index is 1010. The van der Waals surface area contributed by atoms with Crippen LogP contribution in [0, 0.1) is 0 Å². The number of anilines is 1. The number of hydrogen-bond acceptors (Lipinski definition) is 8. The molecule has 0 aliphatic carbocycles. The normalized spacial score (nSPS) is 25.7. The summed E-state index contributed by atoms with van der Waals surface area (Å²) in [6, 6.07) is 6.73. The number of fused-ring (bicyclic) bond motifs is 1. The predicted molar refractivity (Wildman–Crippen MR) is 168 cm³/mol. The van der Waals surface area contributed by atoms with Crippen molar-refractivity contribution in [3.05, 3.63) is 29.8 Å². The van der Waals surface area contributed by atoms with Crippen molar-refractivity contribution in [2.75, 3.05) is 31.6 Å². The van der Waals surface area contributed by atoms with E-state index in [1.54, 1.807) is 24.3 Å². The summed E-state index contributed by atoms with van der Waals surface area (Å²) in [5.41, 5.74) is 1.18. The van der Waals surface area contributed by atoms with E-state index >= 15 is 0 Å². The number of likely N-dealkylation sites (tertiary alicyclic amines) is 1. The number of nitrogens with one attached hydrogen (secondary N) is 1. The predicted octanol–water partition coefficient (Wildman–Crippen LogP) is 6.51. The van der Waals surface area contributed by atoms with Crippen molar-refractivity contribution >= 4 is 17.7 Å². The fourth-order valence-corrected chi connectivity index (χ4v) is 6.40. The number of unbranched alkanes of at least 4 members (excludes halogenated alkanes) is 7. The van der Waals surface area contributed by atoms with E-state index in [2.05, 4.69) is 17.1 Å². The molecule has 3 fully saturated rings. The number of nitrogens with zero attached hydrogens (tertiary/aromatic N) is 1. The number of hydrogen-bond donors (Lipinski definition) is 2. The zero-order chi connectivity index (χ0) is 31.4. The summed E-state index contributed by atoms with van der Waals surface area (Å²) < 4.78 is 31.4. The van der Waals surface area contributed by atoms with Crippen LogP contribution in [0.4, 0.5) is 10.5 Å². The number of aliphatic carboxylic acids is 1. The van der Waals surface area contributed by atoms with Gasteiger partial charge in [0.2, 0.25) is 0 Å². The zero-order valence-corrected chi connectivity index (χ0v) is 27.0. The maximum Gasteiger partial charge on any atom is 0.412 e. The van der Waals surface area contributed by atoms with Crippen molar-refractivity contribution in [3.8, 4) is 0 Å². The Morgan fingerprint density at radius 1 is 0.977 bits per heavy atom. The molecule has 3 aliphatic rings. The van der Waals surface area contributed by atoms with Crippen LogP contribution < -0.4 is 5.32 Å². The average Bonchev–Trinajstić information content (AvgIpc) is 3.30. The first-order valence-corrected chi connectivity index (χ1v) is 16.9. The molecule has 3 aliphatic heterocycles. The standard InChI is InChI=1S/C34H54N2O8/c1-4-5-6-7-8-9-12-15-22-40-30-29(42-32-31(30)43-34(2,3)44-32)27(24-36-20-13-10-11-14-21-36)41-33(39)35-26-18-16-25(17-19-26)23-28(37)38/h16-19,27,29-32H,4-15,20-24H2,1-3H3,(H,35,39)(H,37,38)/t27-,29-,30+,31-,32-/m1/s1. The number of carboxylic acid groups (broad SMARTS) is 1. The van der Waals surface area contributed by atoms with Crippen LogP contribution in [-0.2, 0) is 34.9 Å². The molecular formula is C34H54N2O8. The number of ether oxygens (including phenoxy) is 5. The molecule has 248 valence electrons. The lowest BCUT2D eigenvalue weighted by molar-refractivity contribution is -0.230. The number of benzene rings is 1. The van der Waals surface area contributed by atoms with Crippen LogP contribution in [0.3, 0.4) is 0 Å². The Hall–Kier alpha value is -2.24. The Morgan fingerprint density at radius 2 is 1.64 bits per heavy atom. The van der Waals surface area contributed by atoms with Crippen molar-refractivity contribution < 1.29 is 38.4 Å². The van der Waals surface area contributed by atoms with Crippen molar-refractivity contribution in [1.29, 1.82) is 0 Å². The highest BCUT2D eigenvalue weighted by Gasteiger charge is 2.58. The van der Waals surface area contributed by atoms with Gasteiger partial charge in [0.05, 0.1) is 6.42 Å². The number of carbonyl (C=O) groups is 2. The molecule has 3 heterocycles. The first-order valence-electron chi connectivity index (χ1n) is 16.9. The van der Waals surface area contributed by atoms with Gasteiger partial charge in [-0.05, 0) is 63.9 Å². The van der Waals surface area contributed by atoms with E-state index in [-0.39, 0.29) is 6.42 Å². The van der Waals surface area contributed by atoms with Crippen LogP contribution in [0.25, 0.3) is 0 Å². The van der Waals surface area contributed by atoms with E-state index < -0.39 is 48.6 Å². The quantitative estimate of drug-likeness (QED) is 0.189. The minimum absolute atomic E-state index is 0.0781. The summed E-state index contributed by atoms with van der Waals surface area (Å²) in [4.78, 5) is 26.6. The molecule has 0 bridgehead atoms. The second-order valence-electron chi connectivity index (χ2n) is 12.9. The number of rotatable bonds is 17. The van der Waals surface area contributed by atoms with Gasteiger partial charge in [0, 0.05) is 18.8 Å². The average molecular weight is 619 g/mol. The van der Waals surface area contributed by atoms with Gasteiger partial charge in [-0.1, -0.05) is 76.8 Å². The van der Waals surface area contributed by atoms with Crippen molar-refractivity contribution in [1.82, 2.24) is 4.90 Å². The van der Waals surface area contributed by atoms with Gasteiger partial charge in [-0.2, -0.15) is 0 Å². The highest BCUT2D eigenvalue weighted by Crippen LogP contribution is 2.40. The highest BCUT2D eigenvalue weighted by atomic mass is 16.8. The van der Waals surface area contributed by atoms with Crippen molar-refractivity contribution in [2.24, 2.45) is 0 Å². The minimum atomic E-state index is -0.904. The maximum absolute atomic E-state index is 13.2. The van der Waals surface area contributed by atoms with Gasteiger partial charge in [-0.25, -0.2) is 4.79 Å². The SMILES string of the molecule is CCCCCCCCCCO[C@@H]1[C@H]2OC(C)(C)O[C@H]2O[C@@H]1[C@@H](CN1CCCCCC1)OC(=O)Nc1ccc(CC(=O)O)cc1. The van der Waals surface area contributed by atoms with E-state index in [9.17, 15) is 9.59 Å². The third-order valence-electron chi connectivity index (χ3n) is 8.65. The van der Waals surface area contributed by atoms with Crippen LogP contribution in [0.1, 0.15) is 103 Å². The first-order chi connectivity index (χ1) is 21.2. The molecule has 0 radical (unpaired) electrons. The fourth-order valence-electron chi connectivity index (χ4n) is 6.40. The molecule has 1 aromatic rings. The summed E-state index contributed by atoms with van der Waals surface area (Å²) in [6.45, 7) is 8.97. The monoisotopic (exact) mass is 618 g/mol. The molecule has 0 saturated carbocycles. The van der Waals surface area contributed by atoms with Gasteiger partial charge >= 0.3 is 12.1 Å². The lowest BCUT2D eigenvalue weighted by atomic mass is 10.0. The molecule has 1 aromatic carbocycles. The third-order valence-corrected chi connectivity index (χ3v) is 8.65. The number of carboxylic acids is 1. The van der Waals surface area contributed by atoms with Crippen molar-refractivity contribution in [2.45, 2.75) is 141 Å². The second kappa shape index (κ2) is 17.5. The second-order valence-corrected chi connectivity index (χ2v) is 12.9. The molecule has 10 heteroatoms. The van der Waals surface area contributed by atoms with Crippen LogP contribution >= 0.6 is 0 Å². The van der Waals surface area contributed by atoms with E-state index in [1.807, 2.05) is 13.8 Å². The van der Waals surface area contributed by atoms with Crippen LogP contribution in [0.15, 0.2) is 24.3 Å². The molecule has 10 nitrogen and oxygen atoms in total. The molecular weight excluding hydrogens is 564 g/mol. The van der Waals surface area contributed by atoms with Gasteiger partial charge in [0.15, 0.2) is 12.1 Å². The maximum atomic E-state index is 13.2. The molecule has 0 aromatic heterocycles. The fraction of sp³-hybridized carbons (Fsp3) is 0.765. The van der Waals surface area contributed by atoms with E-state index in [1.165, 1.54) is 51.4 Å². The van der Waals surface area contributed by atoms with Gasteiger partial charge in [0.25, 0.3) is 0 Å². The van der Waals surface area contributed by atoms with Crippen LogP contribution in [-0.4, -0.2) is 84.8 Å². The summed E-state index contributed by atoms with van der Waals surface area (Å²) in [6.07, 6.45) is 11.0. The van der Waals surface area contributed by atoms with Crippen LogP contribution in [0.2, 0.25) is 0 Å². The molecule has 0 spiro atoms. The molecule has 2 N–H and O–H groups in total.